The van der Waals surface area contributed by atoms with E-state index in [1.165, 1.54) is 0 Å². The molecule has 0 aliphatic heterocycles. The minimum atomic E-state index is -0.921. The van der Waals surface area contributed by atoms with E-state index >= 15 is 0 Å². The SMILES string of the molecule is CCC(C)(CNC(=O)NCC(C)COC)C(=O)O. The van der Waals surface area contributed by atoms with Crippen LogP contribution in [0.1, 0.15) is 27.2 Å². The monoisotopic (exact) mass is 260 g/mol. The molecule has 0 aliphatic carbocycles. The number of carbonyl (C=O) groups is 2. The standard InChI is InChI=1S/C12H24N2O4/c1-5-12(3,10(15)16)8-14-11(17)13-6-9(2)7-18-4/h9H,5-8H2,1-4H3,(H,15,16)(H2,13,14,17). The van der Waals surface area contributed by atoms with Gasteiger partial charge in [0.2, 0.25) is 0 Å². The Labute approximate surface area is 108 Å². The summed E-state index contributed by atoms with van der Waals surface area (Å²) < 4.78 is 4.95. The van der Waals surface area contributed by atoms with E-state index in [9.17, 15) is 9.59 Å². The minimum absolute atomic E-state index is 0.114. The number of aliphatic carboxylic acids is 1. The van der Waals surface area contributed by atoms with Crippen LogP contribution in [0.25, 0.3) is 0 Å². The van der Waals surface area contributed by atoms with Gasteiger partial charge in [-0.2, -0.15) is 0 Å². The van der Waals surface area contributed by atoms with Crippen LogP contribution in [0.15, 0.2) is 0 Å². The normalized spacial score (nSPS) is 15.6. The van der Waals surface area contributed by atoms with Gasteiger partial charge in [-0.1, -0.05) is 13.8 Å². The van der Waals surface area contributed by atoms with Crippen LogP contribution in [-0.4, -0.2) is 43.9 Å². The van der Waals surface area contributed by atoms with Crippen molar-refractivity contribution in [1.82, 2.24) is 10.6 Å². The predicted molar refractivity (Wildman–Crippen MR) is 68.5 cm³/mol. The number of ether oxygens (including phenoxy) is 1. The Morgan fingerprint density at radius 1 is 1.39 bits per heavy atom. The van der Waals surface area contributed by atoms with E-state index in [4.69, 9.17) is 9.84 Å². The van der Waals surface area contributed by atoms with E-state index in [2.05, 4.69) is 10.6 Å². The van der Waals surface area contributed by atoms with Gasteiger partial charge in [-0.25, -0.2) is 4.79 Å². The smallest absolute Gasteiger partial charge is 0.314 e. The second-order valence-corrected chi connectivity index (χ2v) is 4.84. The maximum atomic E-state index is 11.5. The maximum absolute atomic E-state index is 11.5. The molecule has 0 radical (unpaired) electrons. The number of urea groups is 1. The summed E-state index contributed by atoms with van der Waals surface area (Å²) in [6.07, 6.45) is 0.461. The predicted octanol–water partition coefficient (Wildman–Crippen LogP) is 1.07. The van der Waals surface area contributed by atoms with Crippen LogP contribution >= 0.6 is 0 Å². The molecule has 2 unspecified atom stereocenters. The Kier molecular flexibility index (Phi) is 7.35. The first-order chi connectivity index (χ1) is 8.35. The highest BCUT2D eigenvalue weighted by atomic mass is 16.5. The van der Waals surface area contributed by atoms with Gasteiger partial charge < -0.3 is 20.5 Å². The number of methoxy groups -OCH3 is 1. The summed E-state index contributed by atoms with van der Waals surface area (Å²) in [6, 6.07) is -0.348. The molecule has 0 heterocycles. The molecule has 0 aliphatic rings. The topological polar surface area (TPSA) is 87.7 Å². The second kappa shape index (κ2) is 7.92. The number of hydrogen-bond donors (Lipinski definition) is 3. The molecule has 0 bridgehead atoms. The molecule has 0 aromatic heterocycles. The molecule has 0 saturated heterocycles. The van der Waals surface area contributed by atoms with Crippen LogP contribution in [-0.2, 0) is 9.53 Å². The summed E-state index contributed by atoms with van der Waals surface area (Å²) in [7, 11) is 1.61. The number of nitrogens with one attached hydrogen (secondary N) is 2. The fourth-order valence-electron chi connectivity index (χ4n) is 1.30. The van der Waals surface area contributed by atoms with Crippen molar-refractivity contribution < 1.29 is 19.4 Å². The van der Waals surface area contributed by atoms with Crippen molar-refractivity contribution in [3.05, 3.63) is 0 Å². The van der Waals surface area contributed by atoms with Gasteiger partial charge in [-0.15, -0.1) is 0 Å². The van der Waals surface area contributed by atoms with Gasteiger partial charge in [0.1, 0.15) is 0 Å². The maximum Gasteiger partial charge on any atom is 0.314 e. The van der Waals surface area contributed by atoms with Crippen molar-refractivity contribution in [1.29, 1.82) is 0 Å². The van der Waals surface area contributed by atoms with Gasteiger partial charge in [0.15, 0.2) is 0 Å². The molecule has 106 valence electrons. The number of carboxylic acids is 1. The lowest BCUT2D eigenvalue weighted by atomic mass is 9.88. The highest BCUT2D eigenvalue weighted by molar-refractivity contribution is 5.77. The molecule has 0 spiro atoms. The molecule has 6 nitrogen and oxygen atoms in total. The van der Waals surface area contributed by atoms with Crippen molar-refractivity contribution in [2.24, 2.45) is 11.3 Å². The highest BCUT2D eigenvalue weighted by Crippen LogP contribution is 2.19. The zero-order valence-electron chi connectivity index (χ0n) is 11.6. The number of carboxylic acid groups (broad SMARTS) is 1. The molecular weight excluding hydrogens is 236 g/mol. The minimum Gasteiger partial charge on any atom is -0.481 e. The number of hydrogen-bond acceptors (Lipinski definition) is 3. The largest absolute Gasteiger partial charge is 0.481 e. The summed E-state index contributed by atoms with van der Waals surface area (Å²) in [6.45, 7) is 6.54. The van der Waals surface area contributed by atoms with Crippen molar-refractivity contribution in [2.75, 3.05) is 26.8 Å². The summed E-state index contributed by atoms with van der Waals surface area (Å²) in [5, 5.41) is 14.3. The average molecular weight is 260 g/mol. The third-order valence-electron chi connectivity index (χ3n) is 3.00. The Balaban J connectivity index is 3.99. The van der Waals surface area contributed by atoms with Crippen molar-refractivity contribution in [3.8, 4) is 0 Å². The van der Waals surface area contributed by atoms with Crippen LogP contribution in [0.3, 0.4) is 0 Å². The third-order valence-corrected chi connectivity index (χ3v) is 3.00. The molecule has 0 aromatic rings. The summed E-state index contributed by atoms with van der Waals surface area (Å²) in [5.41, 5.74) is -0.921. The number of rotatable bonds is 8. The van der Waals surface area contributed by atoms with Crippen LogP contribution in [0, 0.1) is 11.3 Å². The highest BCUT2D eigenvalue weighted by Gasteiger charge is 2.31. The van der Waals surface area contributed by atoms with E-state index in [-0.39, 0.29) is 18.5 Å². The number of amides is 2. The zero-order valence-corrected chi connectivity index (χ0v) is 11.6. The summed E-state index contributed by atoms with van der Waals surface area (Å²) >= 11 is 0. The lowest BCUT2D eigenvalue weighted by Crippen LogP contribution is -2.45. The van der Waals surface area contributed by atoms with Crippen molar-refractivity contribution in [3.63, 3.8) is 0 Å². The van der Waals surface area contributed by atoms with E-state index in [1.807, 2.05) is 6.92 Å². The Hall–Kier alpha value is -1.30. The van der Waals surface area contributed by atoms with Crippen LogP contribution < -0.4 is 10.6 Å². The molecule has 0 aromatic carbocycles. The van der Waals surface area contributed by atoms with Crippen molar-refractivity contribution >= 4 is 12.0 Å². The first kappa shape index (κ1) is 16.7. The summed E-state index contributed by atoms with van der Waals surface area (Å²) in [5.74, 6) is -0.684. The molecule has 6 heteroatoms. The first-order valence-electron chi connectivity index (χ1n) is 6.09. The van der Waals surface area contributed by atoms with E-state index < -0.39 is 11.4 Å². The Morgan fingerprint density at radius 3 is 2.44 bits per heavy atom. The van der Waals surface area contributed by atoms with Gasteiger partial charge in [0.05, 0.1) is 12.0 Å². The van der Waals surface area contributed by atoms with E-state index in [0.717, 1.165) is 0 Å². The lowest BCUT2D eigenvalue weighted by Gasteiger charge is -2.23. The van der Waals surface area contributed by atoms with Crippen LogP contribution in [0.4, 0.5) is 4.79 Å². The molecule has 0 fully saturated rings. The molecule has 18 heavy (non-hydrogen) atoms. The first-order valence-corrected chi connectivity index (χ1v) is 6.09. The van der Waals surface area contributed by atoms with E-state index in [1.54, 1.807) is 21.0 Å². The molecule has 2 amide bonds. The van der Waals surface area contributed by atoms with Gasteiger partial charge >= 0.3 is 12.0 Å². The fourth-order valence-corrected chi connectivity index (χ4v) is 1.30. The second-order valence-electron chi connectivity index (χ2n) is 4.84. The van der Waals surface area contributed by atoms with Gasteiger partial charge in [0, 0.05) is 20.2 Å². The Morgan fingerprint density at radius 2 is 2.00 bits per heavy atom. The molecular formula is C12H24N2O4. The van der Waals surface area contributed by atoms with Gasteiger partial charge in [-0.3, -0.25) is 4.79 Å². The van der Waals surface area contributed by atoms with E-state index in [0.29, 0.717) is 19.6 Å². The molecule has 3 N–H and O–H groups in total. The molecule has 0 saturated carbocycles. The zero-order chi connectivity index (χ0) is 14.2. The Bertz CT molecular complexity index is 283. The third kappa shape index (κ3) is 5.86. The average Bonchev–Trinajstić information content (AvgIpc) is 2.33. The molecule has 0 rings (SSSR count). The van der Waals surface area contributed by atoms with Crippen molar-refractivity contribution in [2.45, 2.75) is 27.2 Å². The quantitative estimate of drug-likeness (QED) is 0.609. The van der Waals surface area contributed by atoms with Crippen LogP contribution in [0.2, 0.25) is 0 Å². The van der Waals surface area contributed by atoms with Gasteiger partial charge in [0.25, 0.3) is 0 Å². The summed E-state index contributed by atoms with van der Waals surface area (Å²) in [4.78, 5) is 22.5. The van der Waals surface area contributed by atoms with Crippen LogP contribution in [0.5, 0.6) is 0 Å². The fraction of sp³-hybridized carbons (Fsp3) is 0.833. The number of carbonyl (C=O) groups excluding carboxylic acids is 1. The molecule has 2 atom stereocenters. The lowest BCUT2D eigenvalue weighted by molar-refractivity contribution is -0.147. The van der Waals surface area contributed by atoms with Gasteiger partial charge in [-0.05, 0) is 19.3 Å².